The zero-order valence-electron chi connectivity index (χ0n) is 14.6. The summed E-state index contributed by atoms with van der Waals surface area (Å²) in [5.41, 5.74) is 0.350. The van der Waals surface area contributed by atoms with Gasteiger partial charge >= 0.3 is 0 Å². The molecular weight excluding hydrogens is 358 g/mol. The van der Waals surface area contributed by atoms with Gasteiger partial charge in [0.1, 0.15) is 12.2 Å². The number of non-ortho nitro benzene ring substituents is 1. The fraction of sp³-hybridized carbons (Fsp3) is 0.375. The minimum atomic E-state index is -3.53. The van der Waals surface area contributed by atoms with Gasteiger partial charge in [-0.05, 0) is 11.5 Å². The number of benzene rings is 1. The van der Waals surface area contributed by atoms with Gasteiger partial charge in [0.2, 0.25) is 5.50 Å². The van der Waals surface area contributed by atoms with Crippen molar-refractivity contribution in [2.24, 2.45) is 4.99 Å². The standard InChI is InChI=1S/C16H19N5O4S/c1-11(2)14-8-18-20-10-17-16(26(3,24)25)19(15(14)20)9-12-5-4-6-13(7-12)21(22)23/h4-8,10-11,16H,9H2,1-3H3. The Kier molecular flexibility index (Phi) is 4.53. The molecule has 2 aromatic rings. The molecule has 0 aliphatic carbocycles. The molecule has 0 radical (unpaired) electrons. The van der Waals surface area contributed by atoms with Crippen molar-refractivity contribution in [1.82, 2.24) is 9.78 Å². The van der Waals surface area contributed by atoms with Crippen LogP contribution in [0.5, 0.6) is 0 Å². The second kappa shape index (κ2) is 6.52. The minimum Gasteiger partial charge on any atom is -0.317 e. The number of aliphatic imine (C=N–C) groups is 1. The second-order valence-electron chi connectivity index (χ2n) is 6.50. The van der Waals surface area contributed by atoms with Crippen molar-refractivity contribution in [3.8, 4) is 0 Å². The van der Waals surface area contributed by atoms with E-state index in [2.05, 4.69) is 10.1 Å². The van der Waals surface area contributed by atoms with Crippen LogP contribution in [0.2, 0.25) is 0 Å². The van der Waals surface area contributed by atoms with E-state index in [1.54, 1.807) is 23.2 Å². The van der Waals surface area contributed by atoms with E-state index >= 15 is 0 Å². The molecule has 1 aromatic heterocycles. The number of hydrogen-bond donors (Lipinski definition) is 0. The SMILES string of the molecule is CC(C)c1cnn2c1N(Cc1cccc([N+](=O)[O-])c1)C(S(C)(=O)=O)N=C2. The lowest BCUT2D eigenvalue weighted by Gasteiger charge is -2.33. The lowest BCUT2D eigenvalue weighted by Crippen LogP contribution is -2.43. The molecule has 1 atom stereocenters. The third-order valence-corrected chi connectivity index (χ3v) is 5.26. The van der Waals surface area contributed by atoms with Crippen molar-refractivity contribution in [2.75, 3.05) is 11.2 Å². The number of anilines is 1. The van der Waals surface area contributed by atoms with Crippen LogP contribution < -0.4 is 4.90 Å². The van der Waals surface area contributed by atoms with Crippen molar-refractivity contribution in [2.45, 2.75) is 31.8 Å². The average Bonchev–Trinajstić information content (AvgIpc) is 2.99. The normalized spacial score (nSPS) is 16.8. The summed E-state index contributed by atoms with van der Waals surface area (Å²) in [6, 6.07) is 6.14. The van der Waals surface area contributed by atoms with Crippen LogP contribution >= 0.6 is 0 Å². The summed E-state index contributed by atoms with van der Waals surface area (Å²) in [5.74, 6) is 0.759. The van der Waals surface area contributed by atoms with Gasteiger partial charge in [-0.25, -0.2) is 18.1 Å². The van der Waals surface area contributed by atoms with Crippen LogP contribution in [-0.4, -0.2) is 41.2 Å². The molecule has 0 saturated heterocycles. The van der Waals surface area contributed by atoms with Crippen LogP contribution in [0.1, 0.15) is 30.9 Å². The number of sulfone groups is 1. The van der Waals surface area contributed by atoms with Gasteiger partial charge in [0.05, 0.1) is 11.1 Å². The van der Waals surface area contributed by atoms with Gasteiger partial charge in [-0.1, -0.05) is 26.0 Å². The van der Waals surface area contributed by atoms with Crippen molar-refractivity contribution < 1.29 is 13.3 Å². The van der Waals surface area contributed by atoms with Gasteiger partial charge in [0, 0.05) is 30.5 Å². The molecule has 138 valence electrons. The number of rotatable bonds is 5. The van der Waals surface area contributed by atoms with E-state index in [4.69, 9.17) is 0 Å². The molecule has 3 rings (SSSR count). The summed E-state index contributed by atoms with van der Waals surface area (Å²) in [4.78, 5) is 16.3. The molecule has 9 nitrogen and oxygen atoms in total. The molecular formula is C16H19N5O4S. The smallest absolute Gasteiger partial charge is 0.269 e. The van der Waals surface area contributed by atoms with E-state index < -0.39 is 20.3 Å². The maximum atomic E-state index is 12.3. The Morgan fingerprint density at radius 1 is 1.35 bits per heavy atom. The first-order chi connectivity index (χ1) is 12.2. The quantitative estimate of drug-likeness (QED) is 0.583. The van der Waals surface area contributed by atoms with E-state index in [0.29, 0.717) is 11.4 Å². The van der Waals surface area contributed by atoms with Crippen LogP contribution in [0.15, 0.2) is 35.5 Å². The summed E-state index contributed by atoms with van der Waals surface area (Å²) in [5, 5.41) is 15.3. The van der Waals surface area contributed by atoms with Crippen LogP contribution in [0.3, 0.4) is 0 Å². The van der Waals surface area contributed by atoms with Crippen molar-refractivity contribution >= 4 is 27.7 Å². The molecule has 1 aliphatic heterocycles. The Bertz CT molecular complexity index is 980. The zero-order valence-corrected chi connectivity index (χ0v) is 15.4. The first-order valence-electron chi connectivity index (χ1n) is 7.98. The average molecular weight is 377 g/mol. The van der Waals surface area contributed by atoms with Gasteiger partial charge in [-0.3, -0.25) is 10.1 Å². The third-order valence-electron chi connectivity index (χ3n) is 4.12. The predicted molar refractivity (Wildman–Crippen MR) is 98.1 cm³/mol. The molecule has 0 spiro atoms. The van der Waals surface area contributed by atoms with E-state index in [-0.39, 0.29) is 18.2 Å². The first-order valence-corrected chi connectivity index (χ1v) is 9.93. The number of nitro benzene ring substituents is 1. The number of aromatic nitrogens is 2. The van der Waals surface area contributed by atoms with E-state index in [9.17, 15) is 18.5 Å². The number of fused-ring (bicyclic) bond motifs is 1. The molecule has 26 heavy (non-hydrogen) atoms. The van der Waals surface area contributed by atoms with Gasteiger partial charge in [0.25, 0.3) is 5.69 Å². The van der Waals surface area contributed by atoms with Crippen molar-refractivity contribution in [3.63, 3.8) is 0 Å². The monoisotopic (exact) mass is 377 g/mol. The Hall–Kier alpha value is -2.75. The Morgan fingerprint density at radius 3 is 2.69 bits per heavy atom. The van der Waals surface area contributed by atoms with Crippen LogP contribution in [0.4, 0.5) is 11.5 Å². The predicted octanol–water partition coefficient (Wildman–Crippen LogP) is 2.14. The maximum Gasteiger partial charge on any atom is 0.269 e. The Labute approximate surface area is 151 Å². The molecule has 0 amide bonds. The molecule has 0 fully saturated rings. The van der Waals surface area contributed by atoms with Crippen LogP contribution in [0.25, 0.3) is 0 Å². The lowest BCUT2D eigenvalue weighted by atomic mass is 10.1. The molecule has 2 heterocycles. The highest BCUT2D eigenvalue weighted by molar-refractivity contribution is 7.91. The molecule has 0 N–H and O–H groups in total. The number of nitro groups is 1. The lowest BCUT2D eigenvalue weighted by molar-refractivity contribution is -0.384. The third kappa shape index (κ3) is 3.32. The van der Waals surface area contributed by atoms with Gasteiger partial charge < -0.3 is 4.90 Å². The van der Waals surface area contributed by atoms with E-state index in [0.717, 1.165) is 11.8 Å². The summed E-state index contributed by atoms with van der Waals surface area (Å²) < 4.78 is 26.1. The maximum absolute atomic E-state index is 12.3. The highest BCUT2D eigenvalue weighted by Gasteiger charge is 2.34. The molecule has 1 unspecified atom stereocenters. The summed E-state index contributed by atoms with van der Waals surface area (Å²) >= 11 is 0. The Balaban J connectivity index is 2.09. The van der Waals surface area contributed by atoms with Crippen LogP contribution in [0, 0.1) is 10.1 Å². The fourth-order valence-corrected chi connectivity index (χ4v) is 3.84. The fourth-order valence-electron chi connectivity index (χ4n) is 2.92. The molecule has 0 bridgehead atoms. The van der Waals surface area contributed by atoms with Crippen LogP contribution in [-0.2, 0) is 16.4 Å². The summed E-state index contributed by atoms with van der Waals surface area (Å²) in [6.07, 6.45) is 4.21. The summed E-state index contributed by atoms with van der Waals surface area (Å²) in [6.45, 7) is 4.14. The molecule has 1 aromatic carbocycles. The topological polar surface area (TPSA) is 111 Å². The van der Waals surface area contributed by atoms with Crippen molar-refractivity contribution in [1.29, 1.82) is 0 Å². The van der Waals surface area contributed by atoms with Gasteiger partial charge in [-0.2, -0.15) is 5.10 Å². The Morgan fingerprint density at radius 2 is 2.08 bits per heavy atom. The zero-order chi connectivity index (χ0) is 19.1. The molecule has 10 heteroatoms. The second-order valence-corrected chi connectivity index (χ2v) is 8.58. The first kappa shape index (κ1) is 18.1. The van der Waals surface area contributed by atoms with Gasteiger partial charge in [0.15, 0.2) is 9.84 Å². The molecule has 0 saturated carbocycles. The van der Waals surface area contributed by atoms with Gasteiger partial charge in [-0.15, -0.1) is 0 Å². The number of nitrogens with zero attached hydrogens (tertiary/aromatic N) is 5. The highest BCUT2D eigenvalue weighted by atomic mass is 32.2. The number of hydrogen-bond acceptors (Lipinski definition) is 7. The largest absolute Gasteiger partial charge is 0.317 e. The highest BCUT2D eigenvalue weighted by Crippen LogP contribution is 2.33. The van der Waals surface area contributed by atoms with Crippen molar-refractivity contribution in [3.05, 3.63) is 51.7 Å². The minimum absolute atomic E-state index is 0.0449. The van der Waals surface area contributed by atoms with E-state index in [1.165, 1.54) is 23.2 Å². The van der Waals surface area contributed by atoms with E-state index in [1.807, 2.05) is 13.8 Å². The summed E-state index contributed by atoms with van der Waals surface area (Å²) in [7, 11) is -3.53. The molecule has 1 aliphatic rings.